The number of nitrogens with one attached hydrogen (secondary N) is 1. The number of thioether (sulfide) groups is 1. The highest BCUT2D eigenvalue weighted by Crippen LogP contribution is 2.32. The summed E-state index contributed by atoms with van der Waals surface area (Å²) in [7, 11) is 0. The highest BCUT2D eigenvalue weighted by molar-refractivity contribution is 8.00. The van der Waals surface area contributed by atoms with Crippen LogP contribution in [0.4, 0.5) is 0 Å². The predicted octanol–water partition coefficient (Wildman–Crippen LogP) is 3.26. The second-order valence-electron chi connectivity index (χ2n) is 4.89. The third-order valence-corrected chi connectivity index (χ3v) is 5.08. The van der Waals surface area contributed by atoms with Gasteiger partial charge in [-0.05, 0) is 33.3 Å². The standard InChI is InChI=1S/C14H19N3OS2/c1-5-10-6-11-13(15-7-16-14(11)20-10)19-9(4)12(18)17-8(2)3/h6-9H,5H2,1-4H3,(H,17,18). The number of hydrogen-bond donors (Lipinski definition) is 1. The molecule has 0 radical (unpaired) electrons. The maximum absolute atomic E-state index is 12.0. The highest BCUT2D eigenvalue weighted by Gasteiger charge is 2.18. The van der Waals surface area contributed by atoms with Gasteiger partial charge in [-0.2, -0.15) is 0 Å². The number of aryl methyl sites for hydroxylation is 1. The van der Waals surface area contributed by atoms with Crippen LogP contribution in [0.3, 0.4) is 0 Å². The molecule has 2 heterocycles. The van der Waals surface area contributed by atoms with Crippen molar-refractivity contribution < 1.29 is 4.79 Å². The van der Waals surface area contributed by atoms with E-state index in [0.717, 1.165) is 21.7 Å². The van der Waals surface area contributed by atoms with E-state index in [1.165, 1.54) is 16.6 Å². The summed E-state index contributed by atoms with van der Waals surface area (Å²) < 4.78 is 0. The molecule has 0 fully saturated rings. The molecular weight excluding hydrogens is 290 g/mol. The second-order valence-corrected chi connectivity index (χ2v) is 7.33. The van der Waals surface area contributed by atoms with Crippen LogP contribution < -0.4 is 5.32 Å². The van der Waals surface area contributed by atoms with Crippen molar-refractivity contribution in [2.24, 2.45) is 0 Å². The molecular formula is C14H19N3OS2. The van der Waals surface area contributed by atoms with Crippen LogP contribution in [-0.4, -0.2) is 27.2 Å². The molecule has 0 spiro atoms. The summed E-state index contributed by atoms with van der Waals surface area (Å²) in [6.45, 7) is 7.96. The summed E-state index contributed by atoms with van der Waals surface area (Å²) in [5.74, 6) is 0.0442. The SMILES string of the molecule is CCc1cc2c(SC(C)C(=O)NC(C)C)ncnc2s1. The summed E-state index contributed by atoms with van der Waals surface area (Å²) in [6, 6.07) is 2.29. The van der Waals surface area contributed by atoms with Crippen LogP contribution in [0.1, 0.15) is 32.6 Å². The Morgan fingerprint density at radius 3 is 2.80 bits per heavy atom. The molecule has 1 unspecified atom stereocenters. The van der Waals surface area contributed by atoms with Crippen LogP contribution in [0.15, 0.2) is 17.4 Å². The Morgan fingerprint density at radius 2 is 2.15 bits per heavy atom. The average molecular weight is 309 g/mol. The number of fused-ring (bicyclic) bond motifs is 1. The molecule has 0 aliphatic heterocycles. The van der Waals surface area contributed by atoms with Gasteiger partial charge in [-0.1, -0.05) is 18.7 Å². The van der Waals surface area contributed by atoms with Crippen LogP contribution >= 0.6 is 23.1 Å². The van der Waals surface area contributed by atoms with Gasteiger partial charge in [0.05, 0.1) is 5.25 Å². The number of thiophene rings is 1. The van der Waals surface area contributed by atoms with Gasteiger partial charge in [0.1, 0.15) is 16.2 Å². The predicted molar refractivity (Wildman–Crippen MR) is 85.4 cm³/mol. The van der Waals surface area contributed by atoms with Gasteiger partial charge in [-0.3, -0.25) is 4.79 Å². The third-order valence-electron chi connectivity index (χ3n) is 2.78. The van der Waals surface area contributed by atoms with Crippen molar-refractivity contribution in [2.45, 2.75) is 50.4 Å². The van der Waals surface area contributed by atoms with Gasteiger partial charge in [0.15, 0.2) is 0 Å². The van der Waals surface area contributed by atoms with E-state index in [0.29, 0.717) is 0 Å². The fraction of sp³-hybridized carbons (Fsp3) is 0.500. The molecule has 0 saturated heterocycles. The van der Waals surface area contributed by atoms with E-state index >= 15 is 0 Å². The summed E-state index contributed by atoms with van der Waals surface area (Å²) in [6.07, 6.45) is 2.57. The van der Waals surface area contributed by atoms with E-state index in [1.807, 2.05) is 20.8 Å². The summed E-state index contributed by atoms with van der Waals surface area (Å²) >= 11 is 3.18. The maximum atomic E-state index is 12.0. The first-order valence-electron chi connectivity index (χ1n) is 6.71. The van der Waals surface area contributed by atoms with Crippen LogP contribution in [0.2, 0.25) is 0 Å². The van der Waals surface area contributed by atoms with Gasteiger partial charge in [0.2, 0.25) is 5.91 Å². The number of hydrogen-bond acceptors (Lipinski definition) is 5. The number of carbonyl (C=O) groups is 1. The molecule has 2 aromatic rings. The minimum atomic E-state index is -0.166. The summed E-state index contributed by atoms with van der Waals surface area (Å²) in [5, 5.41) is 4.71. The Labute approximate surface area is 127 Å². The van der Waals surface area contributed by atoms with Crippen LogP contribution in [0.25, 0.3) is 10.2 Å². The first kappa shape index (κ1) is 15.3. The van der Waals surface area contributed by atoms with E-state index in [-0.39, 0.29) is 17.2 Å². The van der Waals surface area contributed by atoms with Crippen LogP contribution in [-0.2, 0) is 11.2 Å². The van der Waals surface area contributed by atoms with E-state index < -0.39 is 0 Å². The zero-order valence-corrected chi connectivity index (χ0v) is 13.8. The minimum Gasteiger partial charge on any atom is -0.353 e. The first-order valence-corrected chi connectivity index (χ1v) is 8.41. The molecule has 0 aliphatic carbocycles. The molecule has 1 atom stereocenters. The lowest BCUT2D eigenvalue weighted by molar-refractivity contribution is -0.120. The largest absolute Gasteiger partial charge is 0.353 e. The summed E-state index contributed by atoms with van der Waals surface area (Å²) in [5.41, 5.74) is 0. The van der Waals surface area contributed by atoms with Gasteiger partial charge in [-0.25, -0.2) is 9.97 Å². The third kappa shape index (κ3) is 3.49. The fourth-order valence-electron chi connectivity index (χ4n) is 1.77. The Hall–Kier alpha value is -1.14. The molecule has 0 bridgehead atoms. The van der Waals surface area contributed by atoms with Gasteiger partial charge in [0, 0.05) is 16.3 Å². The Bertz CT molecular complexity index is 609. The molecule has 4 nitrogen and oxygen atoms in total. The quantitative estimate of drug-likeness (QED) is 0.680. The molecule has 1 N–H and O–H groups in total. The van der Waals surface area contributed by atoms with E-state index in [9.17, 15) is 4.79 Å². The smallest absolute Gasteiger partial charge is 0.233 e. The monoisotopic (exact) mass is 309 g/mol. The van der Waals surface area contributed by atoms with E-state index in [1.54, 1.807) is 17.7 Å². The fourth-order valence-corrected chi connectivity index (χ4v) is 3.67. The van der Waals surface area contributed by atoms with Crippen molar-refractivity contribution in [3.8, 4) is 0 Å². The number of amides is 1. The van der Waals surface area contributed by atoms with Crippen LogP contribution in [0, 0.1) is 0 Å². The van der Waals surface area contributed by atoms with Gasteiger partial charge >= 0.3 is 0 Å². The minimum absolute atomic E-state index is 0.0442. The zero-order valence-electron chi connectivity index (χ0n) is 12.1. The number of aromatic nitrogens is 2. The van der Waals surface area contributed by atoms with E-state index in [2.05, 4.69) is 28.3 Å². The number of carbonyl (C=O) groups excluding carboxylic acids is 1. The molecule has 0 aromatic carbocycles. The van der Waals surface area contributed by atoms with Crippen molar-refractivity contribution in [3.63, 3.8) is 0 Å². The molecule has 108 valence electrons. The molecule has 0 saturated carbocycles. The Morgan fingerprint density at radius 1 is 1.40 bits per heavy atom. The Kier molecular flexibility index (Phi) is 4.99. The first-order chi connectivity index (χ1) is 9.51. The van der Waals surface area contributed by atoms with Crippen molar-refractivity contribution in [2.75, 3.05) is 0 Å². The molecule has 6 heteroatoms. The molecule has 1 amide bonds. The molecule has 2 aromatic heterocycles. The lowest BCUT2D eigenvalue weighted by Crippen LogP contribution is -2.35. The van der Waals surface area contributed by atoms with Gasteiger partial charge < -0.3 is 5.32 Å². The van der Waals surface area contributed by atoms with Gasteiger partial charge in [0.25, 0.3) is 0 Å². The molecule has 2 rings (SSSR count). The summed E-state index contributed by atoms with van der Waals surface area (Å²) in [4.78, 5) is 22.9. The van der Waals surface area contributed by atoms with Crippen molar-refractivity contribution >= 4 is 39.2 Å². The van der Waals surface area contributed by atoms with Crippen LogP contribution in [0.5, 0.6) is 0 Å². The average Bonchev–Trinajstić information content (AvgIpc) is 2.82. The maximum Gasteiger partial charge on any atom is 0.233 e. The second kappa shape index (κ2) is 6.54. The lowest BCUT2D eigenvalue weighted by Gasteiger charge is -2.13. The number of nitrogens with zero attached hydrogens (tertiary/aromatic N) is 2. The molecule has 20 heavy (non-hydrogen) atoms. The zero-order chi connectivity index (χ0) is 14.7. The lowest BCUT2D eigenvalue weighted by atomic mass is 10.3. The Balaban J connectivity index is 2.20. The van der Waals surface area contributed by atoms with Crippen molar-refractivity contribution in [3.05, 3.63) is 17.3 Å². The normalized spacial score (nSPS) is 12.8. The topological polar surface area (TPSA) is 54.9 Å². The van der Waals surface area contributed by atoms with Gasteiger partial charge in [-0.15, -0.1) is 11.3 Å². The van der Waals surface area contributed by atoms with E-state index in [4.69, 9.17) is 0 Å². The molecule has 0 aliphatic rings. The van der Waals surface area contributed by atoms with Crippen molar-refractivity contribution in [1.29, 1.82) is 0 Å². The highest BCUT2D eigenvalue weighted by atomic mass is 32.2. The van der Waals surface area contributed by atoms with Crippen molar-refractivity contribution in [1.82, 2.24) is 15.3 Å². The number of rotatable bonds is 5.